The van der Waals surface area contributed by atoms with Crippen LogP contribution in [0.3, 0.4) is 0 Å². The van der Waals surface area contributed by atoms with Gasteiger partial charge in [-0.05, 0) is 110 Å². The van der Waals surface area contributed by atoms with Crippen molar-refractivity contribution in [2.45, 2.75) is 41.5 Å². The standard InChI is InChI=1S/C42H42N6O.Pt/c1-25-20-21-43-38(22-25)47-36-17-12-11-16-34(36)35-19-18-33(24-37(35)47)49-32-15-13-14-31(23-32)48-42(46(9)10)40(41(44-48)45(7)8)39-29(5)27(3)26(2)28(4)30(39)6;/h11-22H,1-10H3;/q-2;+2. The van der Waals surface area contributed by atoms with Crippen LogP contribution in [0.25, 0.3) is 44.4 Å². The van der Waals surface area contributed by atoms with Gasteiger partial charge in [0.1, 0.15) is 11.6 Å². The number of hydrogen-bond donors (Lipinski definition) is 0. The van der Waals surface area contributed by atoms with Gasteiger partial charge in [0.05, 0.1) is 5.56 Å². The molecule has 50 heavy (non-hydrogen) atoms. The van der Waals surface area contributed by atoms with E-state index in [0.29, 0.717) is 11.5 Å². The third kappa shape index (κ3) is 5.77. The third-order valence-electron chi connectivity index (χ3n) is 9.83. The van der Waals surface area contributed by atoms with Gasteiger partial charge in [-0.2, -0.15) is 12.1 Å². The summed E-state index contributed by atoms with van der Waals surface area (Å²) in [5.74, 6) is 3.90. The van der Waals surface area contributed by atoms with Crippen molar-refractivity contribution in [2.75, 3.05) is 38.0 Å². The molecule has 0 spiro atoms. The SMILES string of the molecule is Cc1ccnc(-n2c3[c-]c(Oc4[c-]c(-n5nc(N(C)C)c(-c6c(C)c(C)c(C)c(C)c6C)c5N(C)C)ccc4)ccc3c3ccccc32)c1.[Pt+2]. The van der Waals surface area contributed by atoms with Gasteiger partial charge >= 0.3 is 21.1 Å². The van der Waals surface area contributed by atoms with Gasteiger partial charge in [-0.25, -0.2) is 9.67 Å². The maximum atomic E-state index is 6.50. The zero-order valence-corrected chi connectivity index (χ0v) is 32.6. The topological polar surface area (TPSA) is 51.4 Å². The number of ether oxygens (including phenoxy) is 1. The molecule has 3 heterocycles. The van der Waals surface area contributed by atoms with E-state index in [-0.39, 0.29) is 21.1 Å². The van der Waals surface area contributed by atoms with Crippen LogP contribution in [0.1, 0.15) is 33.4 Å². The maximum absolute atomic E-state index is 6.50. The molecule has 0 radical (unpaired) electrons. The van der Waals surface area contributed by atoms with Gasteiger partial charge in [0.25, 0.3) is 0 Å². The number of pyridine rings is 1. The molecule has 3 aromatic heterocycles. The van der Waals surface area contributed by atoms with E-state index in [1.165, 1.54) is 33.4 Å². The van der Waals surface area contributed by atoms with Gasteiger partial charge in [-0.15, -0.1) is 40.8 Å². The van der Waals surface area contributed by atoms with Crippen molar-refractivity contribution in [3.63, 3.8) is 0 Å². The third-order valence-corrected chi connectivity index (χ3v) is 9.83. The molecule has 256 valence electrons. The Hall–Kier alpha value is -4.87. The molecule has 4 aromatic carbocycles. The fraction of sp³-hybridized carbons (Fsp3) is 0.238. The average molecular weight is 842 g/mol. The molecular weight excluding hydrogens is 800 g/mol. The number of aryl methyl sites for hydroxylation is 1. The summed E-state index contributed by atoms with van der Waals surface area (Å²) in [4.78, 5) is 8.94. The van der Waals surface area contributed by atoms with E-state index in [4.69, 9.17) is 14.8 Å². The summed E-state index contributed by atoms with van der Waals surface area (Å²) in [7, 11) is 8.24. The van der Waals surface area contributed by atoms with Crippen molar-refractivity contribution in [1.82, 2.24) is 19.3 Å². The predicted octanol–water partition coefficient (Wildman–Crippen LogP) is 9.40. The van der Waals surface area contributed by atoms with Crippen LogP contribution in [0.2, 0.25) is 0 Å². The largest absolute Gasteiger partial charge is 2.00 e. The molecule has 0 fully saturated rings. The normalized spacial score (nSPS) is 11.2. The van der Waals surface area contributed by atoms with Crippen LogP contribution in [0.5, 0.6) is 11.5 Å². The van der Waals surface area contributed by atoms with E-state index in [2.05, 4.69) is 133 Å². The molecule has 7 nitrogen and oxygen atoms in total. The monoisotopic (exact) mass is 841 g/mol. The molecule has 8 heteroatoms. The van der Waals surface area contributed by atoms with Crippen molar-refractivity contribution >= 4 is 33.4 Å². The minimum atomic E-state index is 0. The van der Waals surface area contributed by atoms with E-state index < -0.39 is 0 Å². The van der Waals surface area contributed by atoms with E-state index >= 15 is 0 Å². The molecule has 0 aliphatic rings. The second kappa shape index (κ2) is 13.4. The predicted molar refractivity (Wildman–Crippen MR) is 202 cm³/mol. The van der Waals surface area contributed by atoms with E-state index in [1.807, 2.05) is 41.2 Å². The summed E-state index contributed by atoms with van der Waals surface area (Å²) >= 11 is 0. The Kier molecular flexibility index (Phi) is 9.41. The molecule has 0 aliphatic heterocycles. The molecule has 0 saturated carbocycles. The van der Waals surface area contributed by atoms with Gasteiger partial charge in [-0.3, -0.25) is 0 Å². The summed E-state index contributed by atoms with van der Waals surface area (Å²) in [5.41, 5.74) is 12.8. The van der Waals surface area contributed by atoms with Gasteiger partial charge in [0.2, 0.25) is 0 Å². The van der Waals surface area contributed by atoms with Crippen molar-refractivity contribution < 1.29 is 25.8 Å². The summed E-state index contributed by atoms with van der Waals surface area (Å²) in [6.45, 7) is 13.2. The second-order valence-electron chi connectivity index (χ2n) is 13.4. The quantitative estimate of drug-likeness (QED) is 0.150. The molecule has 0 aliphatic carbocycles. The van der Waals surface area contributed by atoms with Crippen molar-refractivity contribution in [3.8, 4) is 34.1 Å². The number of anilines is 2. The minimum Gasteiger partial charge on any atom is -0.509 e. The smallest absolute Gasteiger partial charge is 0.509 e. The number of rotatable bonds is 7. The fourth-order valence-corrected chi connectivity index (χ4v) is 6.94. The number of aromatic nitrogens is 4. The van der Waals surface area contributed by atoms with Crippen LogP contribution in [0, 0.1) is 53.7 Å². The van der Waals surface area contributed by atoms with Crippen LogP contribution in [0.15, 0.2) is 72.9 Å². The molecule has 0 amide bonds. The molecule has 0 bridgehead atoms. The number of fused-ring (bicyclic) bond motifs is 3. The molecular formula is C42H42N6OPt. The van der Waals surface area contributed by atoms with E-state index in [0.717, 1.165) is 56.1 Å². The van der Waals surface area contributed by atoms with E-state index in [1.54, 1.807) is 0 Å². The van der Waals surface area contributed by atoms with Crippen LogP contribution in [0.4, 0.5) is 11.6 Å². The molecule has 7 aromatic rings. The van der Waals surface area contributed by atoms with Crippen LogP contribution in [-0.4, -0.2) is 47.5 Å². The number of benzene rings is 4. The molecule has 0 atom stereocenters. The van der Waals surface area contributed by atoms with Crippen molar-refractivity contribution in [2.24, 2.45) is 0 Å². The minimum absolute atomic E-state index is 0. The Morgan fingerprint density at radius 2 is 1.34 bits per heavy atom. The molecule has 0 saturated heterocycles. The molecule has 0 N–H and O–H groups in total. The summed E-state index contributed by atoms with van der Waals surface area (Å²) in [6.07, 6.45) is 1.85. The van der Waals surface area contributed by atoms with Crippen molar-refractivity contribution in [1.29, 1.82) is 0 Å². The second-order valence-corrected chi connectivity index (χ2v) is 13.4. The average Bonchev–Trinajstić information content (AvgIpc) is 3.64. The molecule has 7 rings (SSSR count). The fourth-order valence-electron chi connectivity index (χ4n) is 6.94. The summed E-state index contributed by atoms with van der Waals surface area (Å²) < 4.78 is 10.6. The van der Waals surface area contributed by atoms with Gasteiger partial charge in [-0.1, -0.05) is 23.7 Å². The zero-order valence-electron chi connectivity index (χ0n) is 30.3. The summed E-state index contributed by atoms with van der Waals surface area (Å²) in [6, 6.07) is 29.6. The van der Waals surface area contributed by atoms with Crippen LogP contribution < -0.4 is 14.5 Å². The first kappa shape index (κ1) is 35.0. The number of para-hydroxylation sites is 1. The first-order chi connectivity index (χ1) is 23.5. The number of hydrogen-bond acceptors (Lipinski definition) is 5. The maximum Gasteiger partial charge on any atom is 2.00 e. The Morgan fingerprint density at radius 3 is 2.02 bits per heavy atom. The van der Waals surface area contributed by atoms with Crippen LogP contribution >= 0.6 is 0 Å². The first-order valence-electron chi connectivity index (χ1n) is 16.6. The van der Waals surface area contributed by atoms with Crippen molar-refractivity contribution in [3.05, 3.63) is 118 Å². The van der Waals surface area contributed by atoms with Gasteiger partial charge in [0.15, 0.2) is 5.82 Å². The van der Waals surface area contributed by atoms with Gasteiger partial charge < -0.3 is 19.1 Å². The van der Waals surface area contributed by atoms with Gasteiger partial charge in [0, 0.05) is 51.4 Å². The summed E-state index contributed by atoms with van der Waals surface area (Å²) in [5, 5.41) is 7.44. The Bertz CT molecular complexity index is 2370. The Balaban J connectivity index is 0.00000432. The Labute approximate surface area is 309 Å². The van der Waals surface area contributed by atoms with Crippen LogP contribution in [-0.2, 0) is 21.1 Å². The Morgan fingerprint density at radius 1 is 0.660 bits per heavy atom. The molecule has 0 unspecified atom stereocenters. The van der Waals surface area contributed by atoms with E-state index in [9.17, 15) is 0 Å². The first-order valence-corrected chi connectivity index (χ1v) is 16.6. The zero-order chi connectivity index (χ0) is 34.7. The number of nitrogens with zero attached hydrogens (tertiary/aromatic N) is 6.